The van der Waals surface area contributed by atoms with Gasteiger partial charge in [0, 0.05) is 6.08 Å². The van der Waals surface area contributed by atoms with Crippen LogP contribution in [0.4, 0.5) is 4.39 Å². The molecular weight excluding hydrogens is 189 g/mol. The van der Waals surface area contributed by atoms with Crippen LogP contribution >= 0.6 is 0 Å². The highest BCUT2D eigenvalue weighted by atomic mass is 19.1. The first-order valence-corrected chi connectivity index (χ1v) is 4.34. The number of nitriles is 1. The normalized spacial score (nSPS) is 9.33. The van der Waals surface area contributed by atoms with Gasteiger partial charge in [-0.3, -0.25) is 0 Å². The molecule has 15 heavy (non-hydrogen) atoms. The first kappa shape index (κ1) is 12.9. The van der Waals surface area contributed by atoms with Gasteiger partial charge in [-0.15, -0.1) is 0 Å². The second kappa shape index (κ2) is 9.94. The van der Waals surface area contributed by atoms with E-state index in [0.717, 1.165) is 5.56 Å². The highest BCUT2D eigenvalue weighted by Gasteiger charge is 1.78. The molecule has 76 valence electrons. The molecule has 0 spiro atoms. The molecule has 0 atom stereocenters. The number of rotatable bonds is 2. The van der Waals surface area contributed by atoms with Gasteiger partial charge in [-0.2, -0.15) is 5.26 Å². The molecule has 0 saturated heterocycles. The van der Waals surface area contributed by atoms with Gasteiger partial charge in [-0.25, -0.2) is 4.39 Å². The van der Waals surface area contributed by atoms with Crippen molar-refractivity contribution in [1.82, 2.24) is 0 Å². The Morgan fingerprint density at radius 3 is 2.33 bits per heavy atom. The lowest BCUT2D eigenvalue weighted by molar-refractivity contribution is 0.725. The van der Waals surface area contributed by atoms with Crippen LogP contribution in [0.1, 0.15) is 5.56 Å². The first-order valence-electron chi connectivity index (χ1n) is 4.34. The molecule has 0 unspecified atom stereocenters. The van der Waals surface area contributed by atoms with Gasteiger partial charge in [0.2, 0.25) is 0 Å². The fourth-order valence-electron chi connectivity index (χ4n) is 0.829. The van der Waals surface area contributed by atoms with Crippen LogP contribution in [-0.4, -0.2) is 0 Å². The van der Waals surface area contributed by atoms with Crippen LogP contribution in [0.3, 0.4) is 0 Å². The predicted molar refractivity (Wildman–Crippen MR) is 61.5 cm³/mol. The van der Waals surface area contributed by atoms with Gasteiger partial charge in [0.15, 0.2) is 0 Å². The Bertz CT molecular complexity index is 358. The summed E-state index contributed by atoms with van der Waals surface area (Å²) in [5.41, 5.74) is 1.14. The van der Waals surface area contributed by atoms with Crippen molar-refractivity contribution in [2.75, 3.05) is 0 Å². The van der Waals surface area contributed by atoms with Gasteiger partial charge in [-0.05, 0) is 5.56 Å². The molecule has 0 fully saturated rings. The Balaban J connectivity index is 0.000000583. The third kappa shape index (κ3) is 8.20. The van der Waals surface area contributed by atoms with Crippen molar-refractivity contribution in [2.24, 2.45) is 0 Å². The van der Waals surface area contributed by atoms with Crippen LogP contribution < -0.4 is 0 Å². The smallest absolute Gasteiger partial charge is 0.0912 e. The number of hydrogen-bond donors (Lipinski definition) is 0. The molecule has 0 amide bonds. The lowest BCUT2D eigenvalue weighted by Crippen LogP contribution is -1.66. The third-order valence-corrected chi connectivity index (χ3v) is 1.37. The molecule has 0 saturated carbocycles. The van der Waals surface area contributed by atoms with Crippen LogP contribution in [0.25, 0.3) is 6.08 Å². The quantitative estimate of drug-likeness (QED) is 0.526. The fraction of sp³-hybridized carbons (Fsp3) is 0. The summed E-state index contributed by atoms with van der Waals surface area (Å²) < 4.78 is 10.1. The van der Waals surface area contributed by atoms with Crippen LogP contribution in [0, 0.1) is 11.3 Å². The van der Waals surface area contributed by atoms with Crippen LogP contribution in [0.15, 0.2) is 61.5 Å². The second-order valence-corrected chi connectivity index (χ2v) is 2.41. The molecule has 0 aliphatic rings. The average molecular weight is 201 g/mol. The number of halogens is 1. The predicted octanol–water partition coefficient (Wildman–Crippen LogP) is 3.88. The summed E-state index contributed by atoms with van der Waals surface area (Å²) in [5, 5.41) is 8.19. The fourth-order valence-corrected chi connectivity index (χ4v) is 0.829. The van der Waals surface area contributed by atoms with Crippen molar-refractivity contribution >= 4 is 6.08 Å². The minimum Gasteiger partial charge on any atom is -0.216 e. The van der Waals surface area contributed by atoms with Crippen LogP contribution in [-0.2, 0) is 0 Å². The van der Waals surface area contributed by atoms with Crippen molar-refractivity contribution in [3.63, 3.8) is 0 Å². The maximum absolute atomic E-state index is 10.1. The summed E-state index contributed by atoms with van der Waals surface area (Å²) >= 11 is 0. The highest BCUT2D eigenvalue weighted by molar-refractivity contribution is 5.50. The lowest BCUT2D eigenvalue weighted by Gasteiger charge is -1.87. The van der Waals surface area contributed by atoms with Crippen LogP contribution in [0.2, 0.25) is 0 Å². The van der Waals surface area contributed by atoms with E-state index in [-0.39, 0.29) is 6.33 Å². The number of hydrogen-bond acceptors (Lipinski definition) is 1. The average Bonchev–Trinajstić information content (AvgIpc) is 2.27. The molecule has 1 nitrogen and oxygen atoms in total. The minimum atomic E-state index is 0.250. The monoisotopic (exact) mass is 201 g/mol. The van der Waals surface area contributed by atoms with Crippen LogP contribution in [0.5, 0.6) is 0 Å². The van der Waals surface area contributed by atoms with E-state index in [1.54, 1.807) is 6.08 Å². The Labute approximate surface area is 89.5 Å². The summed E-state index contributed by atoms with van der Waals surface area (Å²) in [6, 6.07) is 11.9. The van der Waals surface area contributed by atoms with Gasteiger partial charge in [0.1, 0.15) is 0 Å². The zero-order valence-corrected chi connectivity index (χ0v) is 8.31. The number of nitrogens with zero attached hydrogens (tertiary/aromatic N) is 1. The van der Waals surface area contributed by atoms with Gasteiger partial charge in [0.05, 0.1) is 12.4 Å². The third-order valence-electron chi connectivity index (χ3n) is 1.37. The van der Waals surface area contributed by atoms with Crippen molar-refractivity contribution in [3.05, 3.63) is 67.0 Å². The summed E-state index contributed by atoms with van der Waals surface area (Å²) in [6.07, 6.45) is 7.21. The van der Waals surface area contributed by atoms with E-state index in [2.05, 4.69) is 6.58 Å². The molecule has 0 aromatic heterocycles. The Morgan fingerprint density at radius 1 is 1.20 bits per heavy atom. The number of benzene rings is 1. The van der Waals surface area contributed by atoms with Gasteiger partial charge >= 0.3 is 0 Å². The van der Waals surface area contributed by atoms with E-state index in [4.69, 9.17) is 5.26 Å². The summed E-state index contributed by atoms with van der Waals surface area (Å²) in [7, 11) is 0. The molecule has 0 N–H and O–H groups in total. The van der Waals surface area contributed by atoms with Gasteiger partial charge in [-0.1, -0.05) is 55.1 Å². The molecule has 0 aliphatic carbocycles. The molecule has 1 aromatic carbocycles. The Morgan fingerprint density at radius 2 is 1.80 bits per heavy atom. The molecule has 2 heteroatoms. The van der Waals surface area contributed by atoms with E-state index in [1.165, 1.54) is 6.08 Å². The number of allylic oxidation sites excluding steroid dienone is 3. The van der Waals surface area contributed by atoms with E-state index in [9.17, 15) is 4.39 Å². The second-order valence-electron chi connectivity index (χ2n) is 2.41. The van der Waals surface area contributed by atoms with E-state index < -0.39 is 0 Å². The maximum atomic E-state index is 10.1. The maximum Gasteiger partial charge on any atom is 0.0912 e. The van der Waals surface area contributed by atoms with Gasteiger partial charge < -0.3 is 0 Å². The van der Waals surface area contributed by atoms with Crippen molar-refractivity contribution < 1.29 is 4.39 Å². The summed E-state index contributed by atoms with van der Waals surface area (Å²) in [4.78, 5) is 0. The molecule has 0 bridgehead atoms. The van der Waals surface area contributed by atoms with E-state index in [0.29, 0.717) is 0 Å². The molecule has 1 rings (SSSR count). The SMILES string of the molecule is C=CF.N#CC=CC=Cc1ccccc1. The largest absolute Gasteiger partial charge is 0.216 e. The van der Waals surface area contributed by atoms with Crippen molar-refractivity contribution in [1.29, 1.82) is 5.26 Å². The topological polar surface area (TPSA) is 23.8 Å². The standard InChI is InChI=1S/C11H9N.C2H3F/c12-10-6-2-5-9-11-7-3-1-4-8-11;1-2-3/h1-9H;2H,1H2. The molecule has 0 heterocycles. The van der Waals surface area contributed by atoms with E-state index in [1.807, 2.05) is 48.6 Å². The zero-order valence-electron chi connectivity index (χ0n) is 8.31. The summed E-state index contributed by atoms with van der Waals surface area (Å²) in [6.45, 7) is 2.69. The van der Waals surface area contributed by atoms with Crippen molar-refractivity contribution in [3.8, 4) is 6.07 Å². The minimum absolute atomic E-state index is 0.250. The Kier molecular flexibility index (Phi) is 8.53. The molecule has 1 aromatic rings. The van der Waals surface area contributed by atoms with Crippen molar-refractivity contribution in [2.45, 2.75) is 0 Å². The molecular formula is C13H12FN. The lowest BCUT2D eigenvalue weighted by atomic mass is 10.2. The molecule has 0 aliphatic heterocycles. The Hall–Kier alpha value is -2.14. The zero-order chi connectivity index (χ0) is 11.4. The summed E-state index contributed by atoms with van der Waals surface area (Å²) in [5.74, 6) is 0. The molecule has 0 radical (unpaired) electrons. The highest BCUT2D eigenvalue weighted by Crippen LogP contribution is 2.00. The first-order chi connectivity index (χ1) is 7.35. The van der Waals surface area contributed by atoms with E-state index >= 15 is 0 Å². The van der Waals surface area contributed by atoms with Gasteiger partial charge in [0.25, 0.3) is 0 Å².